The number of amides is 3. The van der Waals surface area contributed by atoms with Gasteiger partial charge in [0, 0.05) is 6.04 Å². The Morgan fingerprint density at radius 1 is 1.04 bits per heavy atom. The van der Waals surface area contributed by atoms with E-state index in [9.17, 15) is 14.4 Å². The first-order valence-corrected chi connectivity index (χ1v) is 9.16. The lowest BCUT2D eigenvalue weighted by Gasteiger charge is -2.24. The van der Waals surface area contributed by atoms with Crippen molar-refractivity contribution in [3.63, 3.8) is 0 Å². The van der Waals surface area contributed by atoms with Gasteiger partial charge in [-0.15, -0.1) is 0 Å². The normalized spacial score (nSPS) is 16.6. The van der Waals surface area contributed by atoms with Gasteiger partial charge in [-0.05, 0) is 25.0 Å². The van der Waals surface area contributed by atoms with Gasteiger partial charge in [0.2, 0.25) is 11.8 Å². The minimum absolute atomic E-state index is 0.0603. The average Bonchev–Trinajstić information content (AvgIpc) is 2.57. The van der Waals surface area contributed by atoms with Gasteiger partial charge in [-0.3, -0.25) is 9.59 Å². The number of para-hydroxylation sites is 1. The van der Waals surface area contributed by atoms with Crippen LogP contribution in [0.25, 0.3) is 0 Å². The van der Waals surface area contributed by atoms with Crippen LogP contribution in [0.2, 0.25) is 0 Å². The molecule has 1 saturated carbocycles. The van der Waals surface area contributed by atoms with E-state index in [-0.39, 0.29) is 12.5 Å². The van der Waals surface area contributed by atoms with Crippen LogP contribution < -0.4 is 21.1 Å². The van der Waals surface area contributed by atoms with Crippen LogP contribution in [0.5, 0.6) is 5.75 Å². The Labute approximate surface area is 153 Å². The summed E-state index contributed by atoms with van der Waals surface area (Å²) in [5, 5.41) is 5.38. The predicted octanol–water partition coefficient (Wildman–Crippen LogP) is 2.25. The second-order valence-corrected chi connectivity index (χ2v) is 6.62. The lowest BCUT2D eigenvalue weighted by molar-refractivity contribution is -0.127. The number of hydrogen-bond acceptors (Lipinski definition) is 4. The molecule has 1 aromatic carbocycles. The fraction of sp³-hybridized carbons (Fsp3) is 0.526. The summed E-state index contributed by atoms with van der Waals surface area (Å²) in [4.78, 5) is 35.9. The first-order valence-electron chi connectivity index (χ1n) is 9.16. The van der Waals surface area contributed by atoms with Crippen molar-refractivity contribution in [2.75, 3.05) is 0 Å². The zero-order chi connectivity index (χ0) is 18.8. The summed E-state index contributed by atoms with van der Waals surface area (Å²) in [5.74, 6) is -0.717. The standard InChI is InChI=1S/C19H27N3O4/c20-17(23)13-16(22-19(25)26-15-11-7-4-8-12-15)18(24)21-14-9-5-2-1-3-6-10-14/h4,7-8,11-12,14,16H,1-3,5-6,9-10,13H2,(H2,20,23)(H,21,24)(H,22,25)/t16-/m0/s1. The lowest BCUT2D eigenvalue weighted by atomic mass is 9.96. The van der Waals surface area contributed by atoms with Crippen LogP contribution in [-0.4, -0.2) is 30.0 Å². The largest absolute Gasteiger partial charge is 0.413 e. The highest BCUT2D eigenvalue weighted by atomic mass is 16.6. The summed E-state index contributed by atoms with van der Waals surface area (Å²) in [6.45, 7) is 0. The fourth-order valence-electron chi connectivity index (χ4n) is 3.08. The van der Waals surface area contributed by atoms with E-state index < -0.39 is 23.9 Å². The van der Waals surface area contributed by atoms with Crippen molar-refractivity contribution in [2.45, 2.75) is 63.5 Å². The van der Waals surface area contributed by atoms with Crippen LogP contribution in [0, 0.1) is 0 Å². The van der Waals surface area contributed by atoms with Gasteiger partial charge in [-0.2, -0.15) is 0 Å². The molecule has 0 unspecified atom stereocenters. The Hall–Kier alpha value is -2.57. The van der Waals surface area contributed by atoms with Crippen LogP contribution >= 0.6 is 0 Å². The zero-order valence-electron chi connectivity index (χ0n) is 14.9. The molecule has 142 valence electrons. The Bertz CT molecular complexity index is 598. The van der Waals surface area contributed by atoms with Crippen molar-refractivity contribution in [2.24, 2.45) is 5.73 Å². The number of ether oxygens (including phenoxy) is 1. The highest BCUT2D eigenvalue weighted by Gasteiger charge is 2.26. The summed E-state index contributed by atoms with van der Waals surface area (Å²) in [5.41, 5.74) is 5.23. The van der Waals surface area contributed by atoms with Crippen molar-refractivity contribution in [3.8, 4) is 5.75 Å². The molecule has 1 aliphatic carbocycles. The average molecular weight is 361 g/mol. The monoisotopic (exact) mass is 361 g/mol. The van der Waals surface area contributed by atoms with Gasteiger partial charge >= 0.3 is 6.09 Å². The molecule has 0 aliphatic heterocycles. The molecular formula is C19H27N3O4. The van der Waals surface area contributed by atoms with E-state index in [1.165, 1.54) is 19.3 Å². The molecule has 0 spiro atoms. The van der Waals surface area contributed by atoms with E-state index >= 15 is 0 Å². The van der Waals surface area contributed by atoms with Crippen molar-refractivity contribution in [1.82, 2.24) is 10.6 Å². The maximum atomic E-state index is 12.5. The van der Waals surface area contributed by atoms with E-state index in [1.807, 2.05) is 0 Å². The number of rotatable bonds is 6. The van der Waals surface area contributed by atoms with Gasteiger partial charge in [0.25, 0.3) is 0 Å². The number of carbonyl (C=O) groups is 3. The highest BCUT2D eigenvalue weighted by molar-refractivity contribution is 5.90. The van der Waals surface area contributed by atoms with E-state index in [2.05, 4.69) is 10.6 Å². The number of nitrogens with one attached hydrogen (secondary N) is 2. The summed E-state index contributed by atoms with van der Waals surface area (Å²) in [6, 6.07) is 7.51. The molecule has 2 rings (SSSR count). The molecule has 7 nitrogen and oxygen atoms in total. The summed E-state index contributed by atoms with van der Waals surface area (Å²) >= 11 is 0. The molecule has 0 aromatic heterocycles. The zero-order valence-corrected chi connectivity index (χ0v) is 14.9. The second-order valence-electron chi connectivity index (χ2n) is 6.62. The molecule has 0 heterocycles. The third kappa shape index (κ3) is 7.13. The number of primary amides is 1. The molecule has 1 aromatic rings. The van der Waals surface area contributed by atoms with Gasteiger partial charge in [0.05, 0.1) is 6.42 Å². The molecule has 0 radical (unpaired) electrons. The summed E-state index contributed by atoms with van der Waals surface area (Å²) in [7, 11) is 0. The van der Waals surface area contributed by atoms with Gasteiger partial charge in [0.15, 0.2) is 0 Å². The highest BCUT2D eigenvalue weighted by Crippen LogP contribution is 2.17. The predicted molar refractivity (Wildman–Crippen MR) is 97.5 cm³/mol. The van der Waals surface area contributed by atoms with Crippen LogP contribution in [-0.2, 0) is 9.59 Å². The molecule has 7 heteroatoms. The number of benzene rings is 1. The first kappa shape index (κ1) is 19.8. The molecule has 4 N–H and O–H groups in total. The molecular weight excluding hydrogens is 334 g/mol. The Morgan fingerprint density at radius 3 is 2.27 bits per heavy atom. The smallest absolute Gasteiger partial charge is 0.410 e. The number of carbonyl (C=O) groups excluding carboxylic acids is 3. The van der Waals surface area contributed by atoms with Crippen molar-refractivity contribution < 1.29 is 19.1 Å². The van der Waals surface area contributed by atoms with Gasteiger partial charge in [-0.1, -0.05) is 50.3 Å². The second kappa shape index (κ2) is 10.4. The van der Waals surface area contributed by atoms with E-state index in [0.29, 0.717) is 5.75 Å². The Kier molecular flexibility index (Phi) is 7.92. The minimum atomic E-state index is -1.05. The van der Waals surface area contributed by atoms with Crippen LogP contribution in [0.1, 0.15) is 51.4 Å². The number of hydrogen-bond donors (Lipinski definition) is 3. The van der Waals surface area contributed by atoms with E-state index in [4.69, 9.17) is 10.5 Å². The molecule has 26 heavy (non-hydrogen) atoms. The van der Waals surface area contributed by atoms with Crippen molar-refractivity contribution in [3.05, 3.63) is 30.3 Å². The maximum Gasteiger partial charge on any atom is 0.413 e. The van der Waals surface area contributed by atoms with E-state index in [0.717, 1.165) is 25.7 Å². The van der Waals surface area contributed by atoms with Gasteiger partial charge < -0.3 is 21.1 Å². The number of nitrogens with two attached hydrogens (primary N) is 1. The molecule has 3 amide bonds. The van der Waals surface area contributed by atoms with Gasteiger partial charge in [0.1, 0.15) is 11.8 Å². The van der Waals surface area contributed by atoms with Crippen molar-refractivity contribution >= 4 is 17.9 Å². The quantitative estimate of drug-likeness (QED) is 0.721. The van der Waals surface area contributed by atoms with E-state index in [1.54, 1.807) is 30.3 Å². The first-order chi connectivity index (χ1) is 12.5. The van der Waals surface area contributed by atoms with Gasteiger partial charge in [-0.25, -0.2) is 4.79 Å². The third-order valence-electron chi connectivity index (χ3n) is 4.42. The topological polar surface area (TPSA) is 111 Å². The fourth-order valence-corrected chi connectivity index (χ4v) is 3.08. The van der Waals surface area contributed by atoms with Crippen molar-refractivity contribution in [1.29, 1.82) is 0 Å². The molecule has 0 saturated heterocycles. The summed E-state index contributed by atoms with van der Waals surface area (Å²) < 4.78 is 5.12. The summed E-state index contributed by atoms with van der Waals surface area (Å²) in [6.07, 6.45) is 6.43. The molecule has 0 bridgehead atoms. The van der Waals surface area contributed by atoms with Crippen LogP contribution in [0.3, 0.4) is 0 Å². The van der Waals surface area contributed by atoms with Crippen LogP contribution in [0.4, 0.5) is 4.79 Å². The molecule has 1 atom stereocenters. The molecule has 1 aliphatic rings. The Morgan fingerprint density at radius 2 is 1.65 bits per heavy atom. The molecule has 1 fully saturated rings. The minimum Gasteiger partial charge on any atom is -0.410 e. The third-order valence-corrected chi connectivity index (χ3v) is 4.42. The lowest BCUT2D eigenvalue weighted by Crippen LogP contribution is -2.51. The SMILES string of the molecule is NC(=O)C[C@H](NC(=O)Oc1ccccc1)C(=O)NC1CCCCCCC1. The van der Waals surface area contributed by atoms with Crippen LogP contribution in [0.15, 0.2) is 30.3 Å². The Balaban J connectivity index is 1.92. The maximum absolute atomic E-state index is 12.5.